The number of halogens is 3. The van der Waals surface area contributed by atoms with Crippen molar-refractivity contribution in [3.05, 3.63) is 23.8 Å². The molecule has 0 saturated carbocycles. The van der Waals surface area contributed by atoms with Gasteiger partial charge in [-0.15, -0.1) is 13.2 Å². The molecular formula is C11H10F3NO2. The van der Waals surface area contributed by atoms with E-state index >= 15 is 0 Å². The van der Waals surface area contributed by atoms with E-state index in [2.05, 4.69) is 4.74 Å². The fraction of sp³-hybridized carbons (Fsp3) is 0.364. The summed E-state index contributed by atoms with van der Waals surface area (Å²) in [5.74, 6) is -0.166. The van der Waals surface area contributed by atoms with Crippen LogP contribution in [0.1, 0.15) is 12.5 Å². The minimum Gasteiger partial charge on any atom is -0.493 e. The van der Waals surface area contributed by atoms with Gasteiger partial charge in [0.2, 0.25) is 0 Å². The highest BCUT2D eigenvalue weighted by Crippen LogP contribution is 2.32. The maximum atomic E-state index is 12.1. The molecule has 0 aromatic heterocycles. The van der Waals surface area contributed by atoms with Gasteiger partial charge in [0.15, 0.2) is 0 Å². The van der Waals surface area contributed by atoms with Crippen molar-refractivity contribution in [2.45, 2.75) is 19.7 Å². The maximum Gasteiger partial charge on any atom is 0.573 e. The Labute approximate surface area is 96.4 Å². The van der Waals surface area contributed by atoms with Crippen LogP contribution in [-0.4, -0.2) is 13.0 Å². The van der Waals surface area contributed by atoms with Crippen molar-refractivity contribution in [1.82, 2.24) is 0 Å². The molecule has 92 valence electrons. The van der Waals surface area contributed by atoms with Crippen LogP contribution < -0.4 is 9.47 Å². The highest BCUT2D eigenvalue weighted by atomic mass is 19.4. The first-order valence-corrected chi connectivity index (χ1v) is 4.85. The van der Waals surface area contributed by atoms with Crippen molar-refractivity contribution < 1.29 is 22.6 Å². The molecule has 17 heavy (non-hydrogen) atoms. The molecule has 0 aliphatic rings. The van der Waals surface area contributed by atoms with Gasteiger partial charge in [0.1, 0.15) is 11.5 Å². The quantitative estimate of drug-likeness (QED) is 0.818. The van der Waals surface area contributed by atoms with Crippen LogP contribution in [0.25, 0.3) is 0 Å². The van der Waals surface area contributed by atoms with Crippen LogP contribution in [0.15, 0.2) is 18.2 Å². The van der Waals surface area contributed by atoms with E-state index in [0.717, 1.165) is 6.07 Å². The number of nitrogens with zero attached hydrogens (tertiary/aromatic N) is 1. The largest absolute Gasteiger partial charge is 0.573 e. The number of benzene rings is 1. The topological polar surface area (TPSA) is 42.2 Å². The molecule has 0 fully saturated rings. The lowest BCUT2D eigenvalue weighted by Crippen LogP contribution is -2.18. The molecule has 0 saturated heterocycles. The van der Waals surface area contributed by atoms with E-state index in [1.165, 1.54) is 12.1 Å². The predicted molar refractivity (Wildman–Crippen MR) is 53.6 cm³/mol. The van der Waals surface area contributed by atoms with Gasteiger partial charge in [-0.05, 0) is 19.1 Å². The first-order valence-electron chi connectivity index (χ1n) is 4.85. The molecule has 0 aliphatic carbocycles. The number of nitriles is 1. The van der Waals surface area contributed by atoms with E-state index in [4.69, 9.17) is 10.00 Å². The maximum absolute atomic E-state index is 12.1. The van der Waals surface area contributed by atoms with Gasteiger partial charge < -0.3 is 9.47 Å². The monoisotopic (exact) mass is 245 g/mol. The lowest BCUT2D eigenvalue weighted by Gasteiger charge is -2.14. The van der Waals surface area contributed by atoms with Crippen LogP contribution in [0.4, 0.5) is 13.2 Å². The molecule has 1 rings (SSSR count). The molecule has 0 spiro atoms. The highest BCUT2D eigenvalue weighted by molar-refractivity contribution is 5.46. The van der Waals surface area contributed by atoms with Crippen LogP contribution >= 0.6 is 0 Å². The molecule has 0 N–H and O–H groups in total. The molecule has 1 aromatic rings. The van der Waals surface area contributed by atoms with Gasteiger partial charge in [-0.1, -0.05) is 6.07 Å². The molecule has 0 aliphatic heterocycles. The van der Waals surface area contributed by atoms with E-state index in [0.29, 0.717) is 6.61 Å². The molecular weight excluding hydrogens is 235 g/mol. The van der Waals surface area contributed by atoms with Gasteiger partial charge in [-0.25, -0.2) is 0 Å². The Bertz CT molecular complexity index is 424. The molecule has 0 amide bonds. The Hall–Kier alpha value is -1.90. The molecule has 0 bridgehead atoms. The molecule has 0 atom stereocenters. The number of ether oxygens (including phenoxy) is 2. The Kier molecular flexibility index (Phi) is 4.21. The summed E-state index contributed by atoms with van der Waals surface area (Å²) in [6.45, 7) is 2.00. The van der Waals surface area contributed by atoms with Gasteiger partial charge in [-0.3, -0.25) is 0 Å². The van der Waals surface area contributed by atoms with E-state index in [1.54, 1.807) is 13.0 Å². The molecule has 0 heterocycles. The highest BCUT2D eigenvalue weighted by Gasteiger charge is 2.32. The van der Waals surface area contributed by atoms with Gasteiger partial charge >= 0.3 is 6.36 Å². The standard InChI is InChI=1S/C11H10F3NO2/c1-2-16-9-4-3-5-10(8(9)6-7-15)17-11(12,13)14/h3-5H,2,6H2,1H3. The number of hydrogen-bond acceptors (Lipinski definition) is 3. The minimum atomic E-state index is -4.78. The summed E-state index contributed by atoms with van der Waals surface area (Å²) in [5, 5.41) is 8.59. The summed E-state index contributed by atoms with van der Waals surface area (Å²) in [6, 6.07) is 5.82. The van der Waals surface area contributed by atoms with Crippen molar-refractivity contribution in [2.75, 3.05) is 6.61 Å². The minimum absolute atomic E-state index is 0.106. The Morgan fingerprint density at radius 2 is 1.94 bits per heavy atom. The number of hydrogen-bond donors (Lipinski definition) is 0. The van der Waals surface area contributed by atoms with Crippen molar-refractivity contribution in [1.29, 1.82) is 5.26 Å². The SMILES string of the molecule is CCOc1cccc(OC(F)(F)F)c1CC#N. The third kappa shape index (κ3) is 3.87. The third-order valence-corrected chi connectivity index (χ3v) is 1.87. The van der Waals surface area contributed by atoms with Crippen molar-refractivity contribution in [3.63, 3.8) is 0 Å². The third-order valence-electron chi connectivity index (χ3n) is 1.87. The second-order valence-electron chi connectivity index (χ2n) is 3.05. The van der Waals surface area contributed by atoms with Gasteiger partial charge in [-0.2, -0.15) is 5.26 Å². The van der Waals surface area contributed by atoms with Crippen LogP contribution in [0.5, 0.6) is 11.5 Å². The first-order chi connectivity index (χ1) is 7.98. The number of alkyl halides is 3. The fourth-order valence-electron chi connectivity index (χ4n) is 1.31. The molecule has 1 aromatic carbocycles. The normalized spacial score (nSPS) is 10.8. The molecule has 6 heteroatoms. The number of rotatable bonds is 4. The van der Waals surface area contributed by atoms with E-state index in [-0.39, 0.29) is 17.7 Å². The van der Waals surface area contributed by atoms with E-state index < -0.39 is 12.1 Å². The van der Waals surface area contributed by atoms with Crippen molar-refractivity contribution in [3.8, 4) is 17.6 Å². The van der Waals surface area contributed by atoms with Crippen LogP contribution in [-0.2, 0) is 6.42 Å². The predicted octanol–water partition coefficient (Wildman–Crippen LogP) is 3.05. The van der Waals surface area contributed by atoms with Crippen LogP contribution in [0.2, 0.25) is 0 Å². The average Bonchev–Trinajstić information content (AvgIpc) is 2.21. The van der Waals surface area contributed by atoms with E-state index in [9.17, 15) is 13.2 Å². The van der Waals surface area contributed by atoms with Gasteiger partial charge in [0.25, 0.3) is 0 Å². The van der Waals surface area contributed by atoms with Gasteiger partial charge in [0, 0.05) is 0 Å². The van der Waals surface area contributed by atoms with Gasteiger partial charge in [0.05, 0.1) is 24.7 Å². The Morgan fingerprint density at radius 3 is 2.47 bits per heavy atom. The summed E-state index contributed by atoms with van der Waals surface area (Å²) >= 11 is 0. The molecule has 0 radical (unpaired) electrons. The van der Waals surface area contributed by atoms with Crippen LogP contribution in [0, 0.1) is 11.3 Å². The first kappa shape index (κ1) is 13.2. The Balaban J connectivity index is 3.11. The second kappa shape index (κ2) is 5.43. The smallest absolute Gasteiger partial charge is 0.493 e. The van der Waals surface area contributed by atoms with E-state index in [1.807, 2.05) is 0 Å². The fourth-order valence-corrected chi connectivity index (χ4v) is 1.31. The summed E-state index contributed by atoms with van der Waals surface area (Å²) in [7, 11) is 0. The lowest BCUT2D eigenvalue weighted by atomic mass is 10.1. The zero-order chi connectivity index (χ0) is 12.9. The lowest BCUT2D eigenvalue weighted by molar-refractivity contribution is -0.274. The average molecular weight is 245 g/mol. The zero-order valence-corrected chi connectivity index (χ0v) is 9.04. The van der Waals surface area contributed by atoms with Crippen LogP contribution in [0.3, 0.4) is 0 Å². The van der Waals surface area contributed by atoms with Crippen molar-refractivity contribution in [2.24, 2.45) is 0 Å². The Morgan fingerprint density at radius 1 is 1.29 bits per heavy atom. The molecule has 3 nitrogen and oxygen atoms in total. The summed E-state index contributed by atoms with van der Waals surface area (Å²) in [5.41, 5.74) is 0.106. The summed E-state index contributed by atoms with van der Waals surface area (Å²) in [6.07, 6.45) is -4.99. The summed E-state index contributed by atoms with van der Waals surface area (Å²) in [4.78, 5) is 0. The summed E-state index contributed by atoms with van der Waals surface area (Å²) < 4.78 is 45.4. The zero-order valence-electron chi connectivity index (χ0n) is 9.04. The van der Waals surface area contributed by atoms with Crippen molar-refractivity contribution >= 4 is 0 Å². The second-order valence-corrected chi connectivity index (χ2v) is 3.05. The molecule has 0 unspecified atom stereocenters.